The van der Waals surface area contributed by atoms with Gasteiger partial charge in [0.25, 0.3) is 0 Å². The van der Waals surface area contributed by atoms with Gasteiger partial charge in [-0.25, -0.2) is 0 Å². The molecule has 216 valence electrons. The summed E-state index contributed by atoms with van der Waals surface area (Å²) < 4.78 is 6.31. The standard InChI is InChI=1S/C44H29NO/c1-3-12-30(13-4-1)37-18-7-8-19-38(37)32-14-11-17-35(26-32)45(34-15-5-2-6-16-34)36-25-24-31-22-23-33-27-42-39-20-9-10-21-43(39)46-44(42)29-41(33)40(31)28-36/h1-29H. The first kappa shape index (κ1) is 26.3. The Hall–Kier alpha value is -6.12. The number of rotatable bonds is 5. The van der Waals surface area contributed by atoms with E-state index in [-0.39, 0.29) is 0 Å². The van der Waals surface area contributed by atoms with Crippen LogP contribution in [0.4, 0.5) is 17.1 Å². The average Bonchev–Trinajstić information content (AvgIpc) is 3.49. The summed E-state index contributed by atoms with van der Waals surface area (Å²) in [6.45, 7) is 0. The van der Waals surface area contributed by atoms with Crippen molar-refractivity contribution in [3.05, 3.63) is 176 Å². The SMILES string of the molecule is c1ccc(-c2ccccc2-c2cccc(N(c3ccccc3)c3ccc4ccc5cc6c(cc5c4c3)oc3ccccc36)c2)cc1. The van der Waals surface area contributed by atoms with Crippen LogP contribution in [0.2, 0.25) is 0 Å². The maximum absolute atomic E-state index is 6.31. The van der Waals surface area contributed by atoms with Crippen LogP contribution in [0.25, 0.3) is 65.7 Å². The van der Waals surface area contributed by atoms with Crippen LogP contribution < -0.4 is 4.90 Å². The van der Waals surface area contributed by atoms with Gasteiger partial charge < -0.3 is 9.32 Å². The number of benzene rings is 8. The van der Waals surface area contributed by atoms with Gasteiger partial charge in [0.1, 0.15) is 11.2 Å². The van der Waals surface area contributed by atoms with Crippen LogP contribution in [0, 0.1) is 0 Å². The molecule has 0 atom stereocenters. The van der Waals surface area contributed by atoms with E-state index in [0.717, 1.165) is 39.0 Å². The molecular weight excluding hydrogens is 558 g/mol. The highest BCUT2D eigenvalue weighted by Gasteiger charge is 2.16. The van der Waals surface area contributed by atoms with Crippen LogP contribution in [-0.4, -0.2) is 0 Å². The molecule has 1 aromatic heterocycles. The third kappa shape index (κ3) is 4.43. The summed E-state index contributed by atoms with van der Waals surface area (Å²) in [4.78, 5) is 2.35. The van der Waals surface area contributed by atoms with E-state index in [2.05, 4.69) is 169 Å². The molecule has 2 heteroatoms. The molecule has 9 rings (SSSR count). The molecule has 1 heterocycles. The molecule has 8 aromatic carbocycles. The molecule has 0 fully saturated rings. The third-order valence-corrected chi connectivity index (χ3v) is 9.02. The number of furan rings is 1. The largest absolute Gasteiger partial charge is 0.456 e. The first-order valence-corrected chi connectivity index (χ1v) is 15.7. The predicted molar refractivity (Wildman–Crippen MR) is 194 cm³/mol. The van der Waals surface area contributed by atoms with E-state index in [1.165, 1.54) is 43.8 Å². The lowest BCUT2D eigenvalue weighted by Gasteiger charge is -2.26. The molecule has 0 radical (unpaired) electrons. The molecule has 0 bridgehead atoms. The van der Waals surface area contributed by atoms with Crippen molar-refractivity contribution in [3.8, 4) is 22.3 Å². The minimum Gasteiger partial charge on any atom is -0.456 e. The van der Waals surface area contributed by atoms with Crippen LogP contribution in [0.1, 0.15) is 0 Å². The number of hydrogen-bond donors (Lipinski definition) is 0. The molecule has 0 aliphatic rings. The first-order valence-electron chi connectivity index (χ1n) is 15.7. The number of nitrogens with zero attached hydrogens (tertiary/aromatic N) is 1. The van der Waals surface area contributed by atoms with Crippen molar-refractivity contribution in [1.82, 2.24) is 0 Å². The van der Waals surface area contributed by atoms with E-state index in [0.29, 0.717) is 0 Å². The third-order valence-electron chi connectivity index (χ3n) is 9.02. The summed E-state index contributed by atoms with van der Waals surface area (Å²) in [7, 11) is 0. The van der Waals surface area contributed by atoms with Gasteiger partial charge in [-0.1, -0.05) is 121 Å². The van der Waals surface area contributed by atoms with Crippen molar-refractivity contribution in [2.75, 3.05) is 4.90 Å². The van der Waals surface area contributed by atoms with Crippen molar-refractivity contribution in [3.63, 3.8) is 0 Å². The zero-order valence-corrected chi connectivity index (χ0v) is 25.1. The van der Waals surface area contributed by atoms with E-state index in [1.54, 1.807) is 0 Å². The van der Waals surface area contributed by atoms with Crippen molar-refractivity contribution < 1.29 is 4.42 Å². The lowest BCUT2D eigenvalue weighted by molar-refractivity contribution is 0.669. The molecule has 9 aromatic rings. The zero-order valence-electron chi connectivity index (χ0n) is 25.1. The predicted octanol–water partition coefficient (Wildman–Crippen LogP) is 12.7. The van der Waals surface area contributed by atoms with E-state index in [1.807, 2.05) is 12.1 Å². The van der Waals surface area contributed by atoms with Crippen LogP contribution in [-0.2, 0) is 0 Å². The summed E-state index contributed by atoms with van der Waals surface area (Å²) >= 11 is 0. The Bertz CT molecular complexity index is 2530. The molecule has 0 aliphatic heterocycles. The van der Waals surface area contributed by atoms with Gasteiger partial charge in [-0.3, -0.25) is 0 Å². The Morgan fingerprint density at radius 3 is 1.78 bits per heavy atom. The Labute approximate surface area is 267 Å². The van der Waals surface area contributed by atoms with Crippen LogP contribution >= 0.6 is 0 Å². The second kappa shape index (κ2) is 10.8. The Morgan fingerprint density at radius 1 is 0.326 bits per heavy atom. The fraction of sp³-hybridized carbons (Fsp3) is 0. The van der Waals surface area contributed by atoms with Gasteiger partial charge in [0.05, 0.1) is 0 Å². The van der Waals surface area contributed by atoms with Gasteiger partial charge in [0.2, 0.25) is 0 Å². The molecule has 0 aliphatic carbocycles. The van der Waals surface area contributed by atoms with Crippen molar-refractivity contribution in [2.45, 2.75) is 0 Å². The van der Waals surface area contributed by atoms with Crippen LogP contribution in [0.5, 0.6) is 0 Å². The van der Waals surface area contributed by atoms with Gasteiger partial charge in [-0.05, 0) is 98.4 Å². The maximum atomic E-state index is 6.31. The smallest absolute Gasteiger partial charge is 0.136 e. The van der Waals surface area contributed by atoms with Gasteiger partial charge >= 0.3 is 0 Å². The normalized spacial score (nSPS) is 11.5. The maximum Gasteiger partial charge on any atom is 0.136 e. The van der Waals surface area contributed by atoms with Gasteiger partial charge in [0.15, 0.2) is 0 Å². The van der Waals surface area contributed by atoms with Crippen molar-refractivity contribution in [2.24, 2.45) is 0 Å². The zero-order chi connectivity index (χ0) is 30.5. The molecule has 0 spiro atoms. The summed E-state index contributed by atoms with van der Waals surface area (Å²) in [5.41, 5.74) is 9.96. The van der Waals surface area contributed by atoms with Crippen molar-refractivity contribution in [1.29, 1.82) is 0 Å². The lowest BCUT2D eigenvalue weighted by atomic mass is 9.94. The molecule has 0 saturated carbocycles. The summed E-state index contributed by atoms with van der Waals surface area (Å²) in [5, 5.41) is 7.09. The first-order chi connectivity index (χ1) is 22.8. The fourth-order valence-electron chi connectivity index (χ4n) is 6.84. The number of hydrogen-bond acceptors (Lipinski definition) is 2. The molecule has 2 nitrogen and oxygen atoms in total. The molecule has 0 saturated heterocycles. The van der Waals surface area contributed by atoms with Crippen LogP contribution in [0.15, 0.2) is 180 Å². The minimum atomic E-state index is 0.913. The van der Waals surface area contributed by atoms with E-state index >= 15 is 0 Å². The highest BCUT2D eigenvalue weighted by atomic mass is 16.3. The summed E-state index contributed by atoms with van der Waals surface area (Å²) in [5.74, 6) is 0. The Kier molecular flexibility index (Phi) is 6.17. The second-order valence-electron chi connectivity index (χ2n) is 11.8. The van der Waals surface area contributed by atoms with Crippen LogP contribution in [0.3, 0.4) is 0 Å². The Balaban J connectivity index is 1.23. The number of anilines is 3. The monoisotopic (exact) mass is 587 g/mol. The summed E-state index contributed by atoms with van der Waals surface area (Å²) in [6.07, 6.45) is 0. The van der Waals surface area contributed by atoms with Gasteiger partial charge in [0, 0.05) is 27.8 Å². The molecular formula is C44H29NO. The Morgan fingerprint density at radius 2 is 0.935 bits per heavy atom. The quantitative estimate of drug-likeness (QED) is 0.186. The fourth-order valence-corrected chi connectivity index (χ4v) is 6.84. The van der Waals surface area contributed by atoms with Crippen molar-refractivity contribution >= 4 is 60.5 Å². The molecule has 0 N–H and O–H groups in total. The number of fused-ring (bicyclic) bond motifs is 6. The van der Waals surface area contributed by atoms with E-state index in [9.17, 15) is 0 Å². The molecule has 0 amide bonds. The minimum absolute atomic E-state index is 0.913. The summed E-state index contributed by atoms with van der Waals surface area (Å²) in [6, 6.07) is 62.8. The highest BCUT2D eigenvalue weighted by molar-refractivity contribution is 6.16. The molecule has 0 unspecified atom stereocenters. The van der Waals surface area contributed by atoms with Gasteiger partial charge in [-0.15, -0.1) is 0 Å². The average molecular weight is 588 g/mol. The highest BCUT2D eigenvalue weighted by Crippen LogP contribution is 2.41. The second-order valence-corrected chi connectivity index (χ2v) is 11.8. The van der Waals surface area contributed by atoms with E-state index < -0.39 is 0 Å². The van der Waals surface area contributed by atoms with Gasteiger partial charge in [-0.2, -0.15) is 0 Å². The lowest BCUT2D eigenvalue weighted by Crippen LogP contribution is -2.10. The number of para-hydroxylation sites is 2. The van der Waals surface area contributed by atoms with E-state index in [4.69, 9.17) is 4.42 Å². The molecule has 46 heavy (non-hydrogen) atoms. The topological polar surface area (TPSA) is 16.4 Å².